The molecule has 1 N–H and O–H groups in total. The van der Waals surface area contributed by atoms with Crippen LogP contribution in [0.3, 0.4) is 0 Å². The number of hydrogen-bond donors (Lipinski definition) is 1. The summed E-state index contributed by atoms with van der Waals surface area (Å²) in [6.07, 6.45) is 1.02. The highest BCUT2D eigenvalue weighted by Crippen LogP contribution is 2.15. The number of rotatable bonds is 6. The molecule has 2 aromatic carbocycles. The van der Waals surface area contributed by atoms with Crippen molar-refractivity contribution in [3.8, 4) is 6.01 Å². The van der Waals surface area contributed by atoms with Gasteiger partial charge in [0.05, 0.1) is 6.20 Å². The van der Waals surface area contributed by atoms with E-state index >= 15 is 0 Å². The van der Waals surface area contributed by atoms with E-state index in [-0.39, 0.29) is 30.2 Å². The number of nitrogens with zero attached hydrogens (tertiary/aromatic N) is 2. The summed E-state index contributed by atoms with van der Waals surface area (Å²) < 4.78 is 24.8. The summed E-state index contributed by atoms with van der Waals surface area (Å²) in [4.78, 5) is 7.82. The lowest BCUT2D eigenvalue weighted by Crippen LogP contribution is -2.16. The number of hydrogen-bond acceptors (Lipinski definition) is 5. The number of aromatic nitrogens is 2. The van der Waals surface area contributed by atoms with Gasteiger partial charge in [-0.15, -0.1) is 0 Å². The average Bonchev–Trinajstić information content (AvgIpc) is 2.68. The lowest BCUT2D eigenvalue weighted by atomic mass is 10.2. The summed E-state index contributed by atoms with van der Waals surface area (Å²) in [5.74, 6) is -0.746. The van der Waals surface area contributed by atoms with Crippen LogP contribution in [0.1, 0.15) is 11.1 Å². The zero-order chi connectivity index (χ0) is 18.2. The number of ether oxygens (including phenoxy) is 2. The molecule has 132 valence electrons. The SMILES string of the molecule is Fc1cnc(OCc2ccccc2)nc1NC(=S)OCc1ccccc1. The quantitative estimate of drug-likeness (QED) is 0.660. The molecule has 0 aliphatic rings. The van der Waals surface area contributed by atoms with Crippen LogP contribution in [-0.2, 0) is 18.0 Å². The van der Waals surface area contributed by atoms with E-state index in [1.165, 1.54) is 0 Å². The van der Waals surface area contributed by atoms with E-state index in [9.17, 15) is 4.39 Å². The predicted octanol–water partition coefficient (Wildman–Crippen LogP) is 4.11. The second-order valence-corrected chi connectivity index (χ2v) is 5.68. The van der Waals surface area contributed by atoms with Gasteiger partial charge in [-0.05, 0) is 23.3 Å². The van der Waals surface area contributed by atoms with Gasteiger partial charge >= 0.3 is 6.01 Å². The van der Waals surface area contributed by atoms with Gasteiger partial charge in [0.25, 0.3) is 5.17 Å². The summed E-state index contributed by atoms with van der Waals surface area (Å²) in [5.41, 5.74) is 1.91. The Morgan fingerprint density at radius 2 is 1.58 bits per heavy atom. The normalized spacial score (nSPS) is 10.2. The predicted molar refractivity (Wildman–Crippen MR) is 100 cm³/mol. The fourth-order valence-corrected chi connectivity index (χ4v) is 2.24. The minimum atomic E-state index is -0.650. The van der Waals surface area contributed by atoms with E-state index in [0.717, 1.165) is 17.3 Å². The van der Waals surface area contributed by atoms with Crippen molar-refractivity contribution in [3.05, 3.63) is 83.8 Å². The standard InChI is InChI=1S/C19H16FN3O2S/c20-16-11-21-18(24-12-14-7-3-1-4-8-14)22-17(16)23-19(26)25-13-15-9-5-2-6-10-15/h1-11H,12-13H2,(H,21,22,23,26). The second kappa shape index (κ2) is 8.87. The third-order valence-electron chi connectivity index (χ3n) is 3.37. The number of halogens is 1. The molecule has 0 unspecified atom stereocenters. The molecule has 0 fully saturated rings. The lowest BCUT2D eigenvalue weighted by Gasteiger charge is -2.11. The van der Waals surface area contributed by atoms with Crippen LogP contribution in [0.2, 0.25) is 0 Å². The van der Waals surface area contributed by atoms with Crippen LogP contribution < -0.4 is 10.1 Å². The van der Waals surface area contributed by atoms with Gasteiger partial charge in [0, 0.05) is 0 Å². The summed E-state index contributed by atoms with van der Waals surface area (Å²) >= 11 is 5.08. The molecule has 0 radical (unpaired) electrons. The zero-order valence-electron chi connectivity index (χ0n) is 13.8. The van der Waals surface area contributed by atoms with E-state index in [1.54, 1.807) is 0 Å². The maximum atomic E-state index is 13.9. The van der Waals surface area contributed by atoms with E-state index < -0.39 is 5.82 Å². The van der Waals surface area contributed by atoms with Crippen LogP contribution in [0, 0.1) is 5.82 Å². The van der Waals surface area contributed by atoms with Gasteiger partial charge in [-0.2, -0.15) is 4.98 Å². The van der Waals surface area contributed by atoms with Crippen molar-refractivity contribution in [2.24, 2.45) is 0 Å². The Morgan fingerprint density at radius 3 is 2.23 bits per heavy atom. The smallest absolute Gasteiger partial charge is 0.318 e. The first-order valence-corrected chi connectivity index (χ1v) is 8.28. The molecular formula is C19H16FN3O2S. The summed E-state index contributed by atoms with van der Waals surface area (Å²) in [6.45, 7) is 0.553. The van der Waals surface area contributed by atoms with Crippen molar-refractivity contribution in [1.82, 2.24) is 9.97 Å². The van der Waals surface area contributed by atoms with Crippen molar-refractivity contribution >= 4 is 23.2 Å². The minimum absolute atomic E-state index is 0.0143. The number of thiocarbonyl (C=S) groups is 1. The van der Waals surface area contributed by atoms with Gasteiger partial charge in [0.15, 0.2) is 11.6 Å². The van der Waals surface area contributed by atoms with Gasteiger partial charge in [0.1, 0.15) is 13.2 Å². The zero-order valence-corrected chi connectivity index (χ0v) is 14.6. The second-order valence-electron chi connectivity index (χ2n) is 5.31. The Labute approximate surface area is 155 Å². The summed E-state index contributed by atoms with van der Waals surface area (Å²) in [7, 11) is 0. The molecule has 7 heteroatoms. The summed E-state index contributed by atoms with van der Waals surface area (Å²) in [6, 6.07) is 19.1. The van der Waals surface area contributed by atoms with Crippen LogP contribution in [0.25, 0.3) is 0 Å². The van der Waals surface area contributed by atoms with Crippen LogP contribution in [0.15, 0.2) is 66.9 Å². The fourth-order valence-electron chi connectivity index (χ4n) is 2.09. The Bertz CT molecular complexity index is 863. The maximum absolute atomic E-state index is 13.9. The van der Waals surface area contributed by atoms with Gasteiger partial charge in [-0.3, -0.25) is 5.32 Å². The number of anilines is 1. The molecule has 0 amide bonds. The van der Waals surface area contributed by atoms with Crippen LogP contribution in [0.4, 0.5) is 10.2 Å². The minimum Gasteiger partial charge on any atom is -0.466 e. The van der Waals surface area contributed by atoms with Crippen molar-refractivity contribution in [2.45, 2.75) is 13.2 Å². The number of benzene rings is 2. The van der Waals surface area contributed by atoms with E-state index in [1.807, 2.05) is 60.7 Å². The number of nitrogens with one attached hydrogen (secondary N) is 1. The molecule has 1 heterocycles. The van der Waals surface area contributed by atoms with Crippen molar-refractivity contribution in [3.63, 3.8) is 0 Å². The highest BCUT2D eigenvalue weighted by Gasteiger charge is 2.10. The fraction of sp³-hybridized carbons (Fsp3) is 0.105. The largest absolute Gasteiger partial charge is 0.466 e. The van der Waals surface area contributed by atoms with E-state index in [4.69, 9.17) is 21.7 Å². The first-order valence-electron chi connectivity index (χ1n) is 7.87. The molecule has 0 aliphatic carbocycles. The third kappa shape index (κ3) is 5.22. The molecule has 0 saturated heterocycles. The monoisotopic (exact) mass is 369 g/mol. The molecule has 26 heavy (non-hydrogen) atoms. The third-order valence-corrected chi connectivity index (χ3v) is 3.59. The van der Waals surface area contributed by atoms with E-state index in [2.05, 4.69) is 15.3 Å². The molecule has 0 atom stereocenters. The molecule has 0 bridgehead atoms. The van der Waals surface area contributed by atoms with Gasteiger partial charge in [0.2, 0.25) is 0 Å². The highest BCUT2D eigenvalue weighted by molar-refractivity contribution is 7.80. The van der Waals surface area contributed by atoms with Crippen LogP contribution in [0.5, 0.6) is 6.01 Å². The Morgan fingerprint density at radius 1 is 0.962 bits per heavy atom. The van der Waals surface area contributed by atoms with Crippen LogP contribution in [-0.4, -0.2) is 15.1 Å². The van der Waals surface area contributed by atoms with Gasteiger partial charge in [-0.1, -0.05) is 60.7 Å². The molecule has 5 nitrogen and oxygen atoms in total. The molecule has 0 aliphatic heterocycles. The maximum Gasteiger partial charge on any atom is 0.318 e. The van der Waals surface area contributed by atoms with Crippen molar-refractivity contribution in [2.75, 3.05) is 5.32 Å². The highest BCUT2D eigenvalue weighted by atomic mass is 32.1. The Kier molecular flexibility index (Phi) is 6.05. The molecule has 1 aromatic heterocycles. The Hall–Kier alpha value is -3.06. The molecule has 3 rings (SSSR count). The van der Waals surface area contributed by atoms with Crippen LogP contribution >= 0.6 is 12.2 Å². The van der Waals surface area contributed by atoms with Gasteiger partial charge < -0.3 is 9.47 Å². The summed E-state index contributed by atoms with van der Waals surface area (Å²) in [5, 5.41) is 2.64. The molecular weight excluding hydrogens is 353 g/mol. The average molecular weight is 369 g/mol. The first-order chi connectivity index (χ1) is 12.7. The Balaban J connectivity index is 1.57. The van der Waals surface area contributed by atoms with Gasteiger partial charge in [-0.25, -0.2) is 9.37 Å². The van der Waals surface area contributed by atoms with Crippen molar-refractivity contribution < 1.29 is 13.9 Å². The molecule has 0 saturated carbocycles. The first kappa shape index (κ1) is 17.8. The van der Waals surface area contributed by atoms with Crippen molar-refractivity contribution in [1.29, 1.82) is 0 Å². The molecule has 3 aromatic rings. The van der Waals surface area contributed by atoms with E-state index in [0.29, 0.717) is 0 Å². The molecule has 0 spiro atoms. The lowest BCUT2D eigenvalue weighted by molar-refractivity contribution is 0.279. The topological polar surface area (TPSA) is 56.3 Å².